The van der Waals surface area contributed by atoms with Crippen LogP contribution in [0.1, 0.15) is 5.56 Å². The molecule has 94 valence electrons. The molecular formula is C16H20N2. The molecule has 0 bridgehead atoms. The Bertz CT molecular complexity index is 517. The largest absolute Gasteiger partial charge is 0.316 e. The van der Waals surface area contributed by atoms with E-state index in [1.807, 2.05) is 0 Å². The quantitative estimate of drug-likeness (QED) is 0.783. The molecular weight excluding hydrogens is 220 g/mol. The van der Waals surface area contributed by atoms with Crippen molar-refractivity contribution in [3.8, 4) is 0 Å². The molecule has 0 atom stereocenters. The number of nitrogens with one attached hydrogen (secondary N) is 2. The van der Waals surface area contributed by atoms with Crippen LogP contribution >= 0.6 is 0 Å². The monoisotopic (exact) mass is 240 g/mol. The Morgan fingerprint density at radius 3 is 2.67 bits per heavy atom. The molecule has 2 heteroatoms. The molecule has 0 aliphatic carbocycles. The van der Waals surface area contributed by atoms with Gasteiger partial charge in [0.1, 0.15) is 0 Å². The smallest absolute Gasteiger partial charge is 0.000394 e. The third kappa shape index (κ3) is 2.71. The zero-order chi connectivity index (χ0) is 12.2. The highest BCUT2D eigenvalue weighted by molar-refractivity contribution is 5.82. The van der Waals surface area contributed by atoms with Gasteiger partial charge in [-0.25, -0.2) is 0 Å². The van der Waals surface area contributed by atoms with Gasteiger partial charge in [0.15, 0.2) is 0 Å². The molecule has 2 N–H and O–H groups in total. The molecule has 2 nitrogen and oxygen atoms in total. The molecule has 1 aliphatic heterocycles. The first kappa shape index (κ1) is 11.7. The lowest BCUT2D eigenvalue weighted by Crippen LogP contribution is -2.47. The predicted octanol–water partition coefficient (Wildman–Crippen LogP) is 2.19. The summed E-state index contributed by atoms with van der Waals surface area (Å²) >= 11 is 0. The summed E-state index contributed by atoms with van der Waals surface area (Å²) in [6.45, 7) is 4.60. The van der Waals surface area contributed by atoms with Crippen LogP contribution in [-0.4, -0.2) is 26.2 Å². The average molecular weight is 240 g/mol. The van der Waals surface area contributed by atoms with Gasteiger partial charge < -0.3 is 10.6 Å². The number of hydrogen-bond donors (Lipinski definition) is 2. The Morgan fingerprint density at radius 1 is 1.06 bits per heavy atom. The molecule has 3 rings (SSSR count). The van der Waals surface area contributed by atoms with Crippen LogP contribution in [0.2, 0.25) is 0 Å². The normalized spacial score (nSPS) is 15.8. The Balaban J connectivity index is 1.53. The van der Waals surface area contributed by atoms with E-state index in [1.165, 1.54) is 29.4 Å². The van der Waals surface area contributed by atoms with E-state index in [4.69, 9.17) is 0 Å². The third-order valence-electron chi connectivity index (χ3n) is 3.70. The van der Waals surface area contributed by atoms with Gasteiger partial charge in [0.2, 0.25) is 0 Å². The van der Waals surface area contributed by atoms with E-state index in [0.717, 1.165) is 25.4 Å². The van der Waals surface area contributed by atoms with E-state index in [0.29, 0.717) is 0 Å². The number of fused-ring (bicyclic) bond motifs is 1. The van der Waals surface area contributed by atoms with Crippen molar-refractivity contribution in [1.82, 2.24) is 10.6 Å². The van der Waals surface area contributed by atoms with Gasteiger partial charge in [0, 0.05) is 19.6 Å². The number of rotatable bonds is 5. The van der Waals surface area contributed by atoms with Crippen molar-refractivity contribution in [3.05, 3.63) is 48.0 Å². The lowest BCUT2D eigenvalue weighted by atomic mass is 10.0. The molecule has 0 saturated carbocycles. The molecule has 0 unspecified atom stereocenters. The zero-order valence-electron chi connectivity index (χ0n) is 10.7. The van der Waals surface area contributed by atoms with Crippen molar-refractivity contribution < 1.29 is 0 Å². The third-order valence-corrected chi connectivity index (χ3v) is 3.70. The first-order valence-corrected chi connectivity index (χ1v) is 6.81. The maximum Gasteiger partial charge on any atom is 0.000394 e. The van der Waals surface area contributed by atoms with Gasteiger partial charge >= 0.3 is 0 Å². The first-order chi connectivity index (χ1) is 8.92. The second-order valence-electron chi connectivity index (χ2n) is 5.16. The van der Waals surface area contributed by atoms with Crippen molar-refractivity contribution in [2.75, 3.05) is 26.2 Å². The summed E-state index contributed by atoms with van der Waals surface area (Å²) in [5.41, 5.74) is 1.42. The van der Waals surface area contributed by atoms with E-state index in [2.05, 4.69) is 53.1 Å². The second kappa shape index (κ2) is 5.51. The molecule has 0 amide bonds. The van der Waals surface area contributed by atoms with E-state index in [1.54, 1.807) is 0 Å². The van der Waals surface area contributed by atoms with Crippen LogP contribution in [-0.2, 0) is 6.42 Å². The van der Waals surface area contributed by atoms with Gasteiger partial charge in [-0.05, 0) is 35.2 Å². The minimum Gasteiger partial charge on any atom is -0.316 e. The van der Waals surface area contributed by atoms with Gasteiger partial charge in [0.05, 0.1) is 0 Å². The summed E-state index contributed by atoms with van der Waals surface area (Å²) in [7, 11) is 0. The van der Waals surface area contributed by atoms with Gasteiger partial charge in [-0.2, -0.15) is 0 Å². The van der Waals surface area contributed by atoms with Gasteiger partial charge in [-0.1, -0.05) is 42.5 Å². The van der Waals surface area contributed by atoms with Crippen molar-refractivity contribution in [2.24, 2.45) is 5.92 Å². The molecule has 18 heavy (non-hydrogen) atoms. The number of hydrogen-bond acceptors (Lipinski definition) is 2. The summed E-state index contributed by atoms with van der Waals surface area (Å²) in [5.74, 6) is 0.849. The van der Waals surface area contributed by atoms with E-state index in [-0.39, 0.29) is 0 Å². The molecule has 2 aromatic rings. The molecule has 1 heterocycles. The van der Waals surface area contributed by atoms with Crippen LogP contribution < -0.4 is 10.6 Å². The minimum atomic E-state index is 0.849. The Labute approximate surface area is 108 Å². The summed E-state index contributed by atoms with van der Waals surface area (Å²) in [6.07, 6.45) is 1.12. The molecule has 1 aliphatic rings. The lowest BCUT2D eigenvalue weighted by molar-refractivity contribution is 0.333. The van der Waals surface area contributed by atoms with Gasteiger partial charge in [0.25, 0.3) is 0 Å². The Hall–Kier alpha value is -1.38. The highest BCUT2D eigenvalue weighted by Crippen LogP contribution is 2.15. The fourth-order valence-corrected chi connectivity index (χ4v) is 2.43. The molecule has 0 radical (unpaired) electrons. The highest BCUT2D eigenvalue weighted by atomic mass is 15.0. The fraction of sp³-hybridized carbons (Fsp3) is 0.375. The van der Waals surface area contributed by atoms with Gasteiger partial charge in [-0.15, -0.1) is 0 Å². The van der Waals surface area contributed by atoms with Crippen molar-refractivity contribution in [1.29, 1.82) is 0 Å². The lowest BCUT2D eigenvalue weighted by Gasteiger charge is -2.27. The SMILES string of the molecule is c1ccc2cc(CCNCC3CNC3)ccc2c1. The van der Waals surface area contributed by atoms with E-state index in [9.17, 15) is 0 Å². The van der Waals surface area contributed by atoms with Crippen molar-refractivity contribution in [2.45, 2.75) is 6.42 Å². The standard InChI is InChI=1S/C16H20N2/c1-2-4-16-9-13(5-6-15(16)3-1)7-8-17-10-14-11-18-12-14/h1-6,9,14,17-18H,7-8,10-12H2. The predicted molar refractivity (Wildman–Crippen MR) is 76.9 cm³/mol. The van der Waals surface area contributed by atoms with E-state index < -0.39 is 0 Å². The molecule has 1 fully saturated rings. The van der Waals surface area contributed by atoms with Crippen LogP contribution in [0.15, 0.2) is 42.5 Å². The average Bonchev–Trinajstić information content (AvgIpc) is 2.36. The zero-order valence-corrected chi connectivity index (χ0v) is 10.7. The Kier molecular flexibility index (Phi) is 3.58. The summed E-state index contributed by atoms with van der Waals surface area (Å²) in [5, 5.41) is 9.52. The summed E-state index contributed by atoms with van der Waals surface area (Å²) in [4.78, 5) is 0. The summed E-state index contributed by atoms with van der Waals surface area (Å²) < 4.78 is 0. The van der Waals surface area contributed by atoms with Crippen molar-refractivity contribution >= 4 is 10.8 Å². The maximum absolute atomic E-state index is 3.54. The van der Waals surface area contributed by atoms with Crippen LogP contribution in [0.4, 0.5) is 0 Å². The first-order valence-electron chi connectivity index (χ1n) is 6.81. The minimum absolute atomic E-state index is 0.849. The fourth-order valence-electron chi connectivity index (χ4n) is 2.43. The molecule has 2 aromatic carbocycles. The van der Waals surface area contributed by atoms with Crippen LogP contribution in [0, 0.1) is 5.92 Å². The second-order valence-corrected chi connectivity index (χ2v) is 5.16. The van der Waals surface area contributed by atoms with Crippen molar-refractivity contribution in [3.63, 3.8) is 0 Å². The molecule has 0 spiro atoms. The number of benzene rings is 2. The summed E-state index contributed by atoms with van der Waals surface area (Å²) in [6, 6.07) is 15.3. The highest BCUT2D eigenvalue weighted by Gasteiger charge is 2.15. The Morgan fingerprint density at radius 2 is 1.89 bits per heavy atom. The van der Waals surface area contributed by atoms with Crippen LogP contribution in [0.5, 0.6) is 0 Å². The maximum atomic E-state index is 3.54. The topological polar surface area (TPSA) is 24.1 Å². The van der Waals surface area contributed by atoms with Gasteiger partial charge in [-0.3, -0.25) is 0 Å². The van der Waals surface area contributed by atoms with Crippen LogP contribution in [0.3, 0.4) is 0 Å². The molecule has 0 aromatic heterocycles. The van der Waals surface area contributed by atoms with E-state index >= 15 is 0 Å². The molecule has 1 saturated heterocycles. The van der Waals surface area contributed by atoms with Crippen LogP contribution in [0.25, 0.3) is 10.8 Å².